The molecule has 10 nitrogen and oxygen atoms in total. The molecule has 0 N–H and O–H groups in total. The highest BCUT2D eigenvalue weighted by molar-refractivity contribution is 6.05. The maximum atomic E-state index is 12.7. The summed E-state index contributed by atoms with van der Waals surface area (Å²) in [6.07, 6.45) is 0.0546. The van der Waals surface area contributed by atoms with E-state index in [4.69, 9.17) is 9.47 Å². The van der Waals surface area contributed by atoms with Gasteiger partial charge in [-0.1, -0.05) is 18.2 Å². The molecule has 28 heavy (non-hydrogen) atoms. The van der Waals surface area contributed by atoms with Gasteiger partial charge >= 0.3 is 11.9 Å². The number of ether oxygens (including phenoxy) is 2. The highest BCUT2D eigenvalue weighted by atomic mass is 16.6. The van der Waals surface area contributed by atoms with Gasteiger partial charge in [-0.15, -0.1) is 0 Å². The lowest BCUT2D eigenvalue weighted by Gasteiger charge is -2.36. The summed E-state index contributed by atoms with van der Waals surface area (Å²) in [5.41, 5.74) is -1.35. The molecular formula is C18H19N3O7. The van der Waals surface area contributed by atoms with Crippen molar-refractivity contribution < 1.29 is 28.8 Å². The lowest BCUT2D eigenvalue weighted by Crippen LogP contribution is -2.45. The number of nitro benzene ring substituents is 1. The first-order valence-corrected chi connectivity index (χ1v) is 8.42. The maximum absolute atomic E-state index is 12.7. The molecule has 0 aliphatic carbocycles. The van der Waals surface area contributed by atoms with Gasteiger partial charge in [0, 0.05) is 18.0 Å². The zero-order valence-corrected chi connectivity index (χ0v) is 15.8. The molecule has 1 aromatic carbocycles. The van der Waals surface area contributed by atoms with E-state index in [1.54, 1.807) is 19.9 Å². The van der Waals surface area contributed by atoms with Crippen molar-refractivity contribution in [1.82, 2.24) is 10.0 Å². The topological polar surface area (TPSA) is 119 Å². The van der Waals surface area contributed by atoms with E-state index in [-0.39, 0.29) is 28.9 Å². The van der Waals surface area contributed by atoms with Gasteiger partial charge in [-0.05, 0) is 13.8 Å². The van der Waals surface area contributed by atoms with Gasteiger partial charge < -0.3 is 9.47 Å². The van der Waals surface area contributed by atoms with Crippen LogP contribution in [0.15, 0.2) is 35.5 Å². The van der Waals surface area contributed by atoms with Crippen LogP contribution in [-0.4, -0.2) is 52.5 Å². The molecule has 1 atom stereocenters. The summed E-state index contributed by atoms with van der Waals surface area (Å²) in [4.78, 5) is 48.9. The normalized spacial score (nSPS) is 20.9. The Kier molecular flexibility index (Phi) is 4.67. The third kappa shape index (κ3) is 2.73. The quantitative estimate of drug-likeness (QED) is 0.431. The smallest absolute Gasteiger partial charge is 0.356 e. The summed E-state index contributed by atoms with van der Waals surface area (Å²) < 4.78 is 9.63. The maximum Gasteiger partial charge on any atom is 0.356 e. The molecule has 2 heterocycles. The van der Waals surface area contributed by atoms with Crippen LogP contribution in [-0.2, 0) is 23.9 Å². The Labute approximate surface area is 160 Å². The van der Waals surface area contributed by atoms with Crippen molar-refractivity contribution >= 4 is 23.5 Å². The molecule has 0 spiro atoms. The third-order valence-corrected chi connectivity index (χ3v) is 4.85. The average Bonchev–Trinajstić information content (AvgIpc) is 3.13. The number of hydrogen-bond donors (Lipinski definition) is 0. The van der Waals surface area contributed by atoms with Gasteiger partial charge in [0.15, 0.2) is 5.70 Å². The van der Waals surface area contributed by atoms with Crippen LogP contribution in [0.4, 0.5) is 5.69 Å². The molecule has 2 aliphatic heterocycles. The number of hydrazine groups is 1. The van der Waals surface area contributed by atoms with Crippen molar-refractivity contribution in [3.8, 4) is 0 Å². The largest absolute Gasteiger partial charge is 0.466 e. The number of carbonyl (C=O) groups is 3. The number of hydrogen-bond acceptors (Lipinski definition) is 8. The number of methoxy groups -OCH3 is 2. The molecule has 1 saturated heterocycles. The van der Waals surface area contributed by atoms with Crippen molar-refractivity contribution in [2.24, 2.45) is 0 Å². The summed E-state index contributed by atoms with van der Waals surface area (Å²) in [6.45, 7) is 3.50. The van der Waals surface area contributed by atoms with Gasteiger partial charge in [-0.2, -0.15) is 5.01 Å². The minimum atomic E-state index is -1.07. The Balaban J connectivity index is 2.36. The standard InChI is InChI=1S/C18H19N3O7/c1-18(2)9-12(22)19-15(17(24)28-4)13(16(23)27-3)14(20(18)19)10-7-5-6-8-11(10)21(25)26/h5-8,14H,9H2,1-4H3. The number of para-hydroxylation sites is 1. The van der Waals surface area contributed by atoms with Gasteiger partial charge in [0.1, 0.15) is 0 Å². The molecule has 0 radical (unpaired) electrons. The Hall–Kier alpha value is -3.27. The Morgan fingerprint density at radius 2 is 1.79 bits per heavy atom. The monoisotopic (exact) mass is 389 g/mol. The van der Waals surface area contributed by atoms with Crippen molar-refractivity contribution in [1.29, 1.82) is 0 Å². The summed E-state index contributed by atoms with van der Waals surface area (Å²) >= 11 is 0. The number of esters is 2. The molecule has 0 saturated carbocycles. The Morgan fingerprint density at radius 3 is 2.36 bits per heavy atom. The Morgan fingerprint density at radius 1 is 1.18 bits per heavy atom. The highest BCUT2D eigenvalue weighted by Crippen LogP contribution is 2.51. The molecule has 0 bridgehead atoms. The molecule has 1 fully saturated rings. The molecule has 1 aromatic rings. The van der Waals surface area contributed by atoms with Crippen molar-refractivity contribution in [2.45, 2.75) is 31.8 Å². The van der Waals surface area contributed by atoms with E-state index in [9.17, 15) is 24.5 Å². The highest BCUT2D eigenvalue weighted by Gasteiger charge is 2.59. The number of fused-ring (bicyclic) bond motifs is 1. The predicted octanol–water partition coefficient (Wildman–Crippen LogP) is 1.48. The lowest BCUT2D eigenvalue weighted by atomic mass is 9.91. The van der Waals surface area contributed by atoms with Crippen LogP contribution in [0, 0.1) is 10.1 Å². The zero-order valence-electron chi connectivity index (χ0n) is 15.8. The molecule has 0 aromatic heterocycles. The Bertz CT molecular complexity index is 922. The zero-order chi connectivity index (χ0) is 20.8. The van der Waals surface area contributed by atoms with Crippen LogP contribution in [0.1, 0.15) is 31.9 Å². The molecule has 1 amide bonds. The van der Waals surface area contributed by atoms with Crippen LogP contribution >= 0.6 is 0 Å². The van der Waals surface area contributed by atoms with E-state index < -0.39 is 34.3 Å². The molecule has 1 unspecified atom stereocenters. The summed E-state index contributed by atoms with van der Waals surface area (Å²) in [7, 11) is 2.25. The van der Waals surface area contributed by atoms with Gasteiger partial charge in [-0.3, -0.25) is 14.9 Å². The van der Waals surface area contributed by atoms with Gasteiger partial charge in [0.2, 0.25) is 5.91 Å². The van der Waals surface area contributed by atoms with Crippen molar-refractivity contribution in [3.05, 3.63) is 51.2 Å². The van der Waals surface area contributed by atoms with E-state index in [0.717, 1.165) is 19.2 Å². The average molecular weight is 389 g/mol. The number of carbonyl (C=O) groups excluding carboxylic acids is 3. The van der Waals surface area contributed by atoms with Crippen LogP contribution in [0.5, 0.6) is 0 Å². The van der Waals surface area contributed by atoms with Crippen LogP contribution in [0.2, 0.25) is 0 Å². The second kappa shape index (κ2) is 6.71. The van der Waals surface area contributed by atoms with E-state index in [1.807, 2.05) is 0 Å². The lowest BCUT2D eigenvalue weighted by molar-refractivity contribution is -0.386. The summed E-state index contributed by atoms with van der Waals surface area (Å²) in [6, 6.07) is 4.81. The number of benzene rings is 1. The fraction of sp³-hybridized carbons (Fsp3) is 0.389. The number of nitrogens with zero attached hydrogens (tertiary/aromatic N) is 3. The van der Waals surface area contributed by atoms with Crippen LogP contribution in [0.25, 0.3) is 0 Å². The second-order valence-corrected chi connectivity index (χ2v) is 7.00. The fourth-order valence-corrected chi connectivity index (χ4v) is 3.76. The number of nitro groups is 1. The first-order chi connectivity index (χ1) is 13.2. The summed E-state index contributed by atoms with van der Waals surface area (Å²) in [5, 5.41) is 14.2. The van der Waals surface area contributed by atoms with E-state index in [2.05, 4.69) is 0 Å². The minimum Gasteiger partial charge on any atom is -0.466 e. The molecule has 2 aliphatic rings. The molecule has 3 rings (SSSR count). The van der Waals surface area contributed by atoms with E-state index in [0.29, 0.717) is 0 Å². The third-order valence-electron chi connectivity index (χ3n) is 4.85. The van der Waals surface area contributed by atoms with Gasteiger partial charge in [0.25, 0.3) is 5.69 Å². The van der Waals surface area contributed by atoms with Crippen molar-refractivity contribution in [2.75, 3.05) is 14.2 Å². The van der Waals surface area contributed by atoms with Gasteiger partial charge in [0.05, 0.1) is 36.3 Å². The molecule has 148 valence electrons. The van der Waals surface area contributed by atoms with E-state index in [1.165, 1.54) is 23.2 Å². The number of rotatable bonds is 4. The minimum absolute atomic E-state index is 0.0546. The first-order valence-electron chi connectivity index (χ1n) is 8.42. The second-order valence-electron chi connectivity index (χ2n) is 7.00. The molecule has 10 heteroatoms. The first kappa shape index (κ1) is 19.5. The van der Waals surface area contributed by atoms with Gasteiger partial charge in [-0.25, -0.2) is 14.6 Å². The van der Waals surface area contributed by atoms with Crippen LogP contribution < -0.4 is 0 Å². The predicted molar refractivity (Wildman–Crippen MR) is 94.3 cm³/mol. The molecular weight excluding hydrogens is 370 g/mol. The fourth-order valence-electron chi connectivity index (χ4n) is 3.76. The van der Waals surface area contributed by atoms with E-state index >= 15 is 0 Å². The summed E-state index contributed by atoms with van der Waals surface area (Å²) in [5.74, 6) is -2.20. The number of amides is 1. The van der Waals surface area contributed by atoms with Crippen molar-refractivity contribution in [3.63, 3.8) is 0 Å². The van der Waals surface area contributed by atoms with Crippen LogP contribution in [0.3, 0.4) is 0 Å². The SMILES string of the molecule is COC(=O)C1=C(C(=O)OC)N2C(=O)CC(C)(C)N2C1c1ccccc1[N+](=O)[O-].